The van der Waals surface area contributed by atoms with Crippen LogP contribution in [0.25, 0.3) is 0 Å². The third-order valence-electron chi connectivity index (χ3n) is 5.57. The smallest absolute Gasteiger partial charge is 0.261 e. The molecule has 0 aromatic heterocycles. The van der Waals surface area contributed by atoms with Gasteiger partial charge in [0.15, 0.2) is 6.61 Å². The van der Waals surface area contributed by atoms with Gasteiger partial charge < -0.3 is 19.7 Å². The first kappa shape index (κ1) is 26.2. The number of unbranched alkanes of at least 4 members (excludes halogenated alkanes) is 1. The summed E-state index contributed by atoms with van der Waals surface area (Å²) in [6.07, 6.45) is 1.89. The molecule has 0 aliphatic rings. The molecule has 33 heavy (non-hydrogen) atoms. The van der Waals surface area contributed by atoms with E-state index >= 15 is 0 Å². The van der Waals surface area contributed by atoms with Gasteiger partial charge in [-0.3, -0.25) is 9.59 Å². The van der Waals surface area contributed by atoms with E-state index in [0.717, 1.165) is 18.4 Å². The highest BCUT2D eigenvalue weighted by Gasteiger charge is 2.26. The summed E-state index contributed by atoms with van der Waals surface area (Å²) in [5, 5.41) is 2.92. The molecule has 1 atom stereocenters. The van der Waals surface area contributed by atoms with Crippen molar-refractivity contribution in [3.05, 3.63) is 59.7 Å². The molecule has 0 spiro atoms. The summed E-state index contributed by atoms with van der Waals surface area (Å²) in [6, 6.07) is 14.6. The number of carbonyl (C=O) groups is 2. The van der Waals surface area contributed by atoms with E-state index < -0.39 is 6.04 Å². The van der Waals surface area contributed by atoms with Gasteiger partial charge in [-0.2, -0.15) is 0 Å². The lowest BCUT2D eigenvalue weighted by molar-refractivity contribution is -0.142. The Bertz CT molecular complexity index is 903. The fourth-order valence-corrected chi connectivity index (χ4v) is 3.37. The third-order valence-corrected chi connectivity index (χ3v) is 5.57. The van der Waals surface area contributed by atoms with E-state index in [1.165, 1.54) is 5.56 Å². The zero-order chi connectivity index (χ0) is 24.4. The molecule has 0 radical (unpaired) electrons. The van der Waals surface area contributed by atoms with Crippen molar-refractivity contribution in [2.75, 3.05) is 20.3 Å². The highest BCUT2D eigenvalue weighted by molar-refractivity contribution is 5.87. The molecule has 0 heterocycles. The van der Waals surface area contributed by atoms with Gasteiger partial charge in [0, 0.05) is 13.1 Å². The van der Waals surface area contributed by atoms with Crippen molar-refractivity contribution in [3.8, 4) is 11.5 Å². The molecule has 0 aliphatic carbocycles. The summed E-state index contributed by atoms with van der Waals surface area (Å²) in [5.74, 6) is 0.901. The minimum atomic E-state index is -0.632. The molecule has 0 aliphatic heterocycles. The zero-order valence-electron chi connectivity index (χ0n) is 20.8. The van der Waals surface area contributed by atoms with Gasteiger partial charge in [-0.1, -0.05) is 58.4 Å². The lowest BCUT2D eigenvalue weighted by Gasteiger charge is -2.29. The maximum atomic E-state index is 13.2. The van der Waals surface area contributed by atoms with Crippen LogP contribution in [0.1, 0.15) is 58.6 Å². The molecule has 2 aromatic carbocycles. The molecular weight excluding hydrogens is 416 g/mol. The van der Waals surface area contributed by atoms with Gasteiger partial charge in [0.05, 0.1) is 7.11 Å². The molecule has 6 nitrogen and oxygen atoms in total. The van der Waals surface area contributed by atoms with Crippen LogP contribution in [0.15, 0.2) is 48.5 Å². The van der Waals surface area contributed by atoms with Gasteiger partial charge in [-0.15, -0.1) is 0 Å². The molecule has 0 saturated heterocycles. The highest BCUT2D eigenvalue weighted by atomic mass is 16.5. The van der Waals surface area contributed by atoms with Gasteiger partial charge in [-0.25, -0.2) is 0 Å². The van der Waals surface area contributed by atoms with Gasteiger partial charge in [0.1, 0.15) is 17.5 Å². The Kier molecular flexibility index (Phi) is 9.76. The maximum absolute atomic E-state index is 13.2. The van der Waals surface area contributed by atoms with Gasteiger partial charge in [-0.05, 0) is 54.2 Å². The van der Waals surface area contributed by atoms with Crippen molar-refractivity contribution in [2.24, 2.45) is 0 Å². The van der Waals surface area contributed by atoms with E-state index in [9.17, 15) is 9.59 Å². The first-order valence-electron chi connectivity index (χ1n) is 11.6. The van der Waals surface area contributed by atoms with E-state index in [1.807, 2.05) is 48.5 Å². The SMILES string of the molecule is CCCCNC(=O)[C@@H](C)N(Cc1cccc(OC)c1)C(=O)COc1ccc(C(C)(C)C)cc1. The predicted octanol–water partition coefficient (Wildman–Crippen LogP) is 4.71. The number of nitrogens with one attached hydrogen (secondary N) is 1. The Hall–Kier alpha value is -3.02. The number of methoxy groups -OCH3 is 1. The number of hydrogen-bond acceptors (Lipinski definition) is 4. The van der Waals surface area contributed by atoms with E-state index in [2.05, 4.69) is 33.0 Å². The molecule has 2 rings (SSSR count). The summed E-state index contributed by atoms with van der Waals surface area (Å²) in [4.78, 5) is 27.4. The molecule has 0 fully saturated rings. The monoisotopic (exact) mass is 454 g/mol. The topological polar surface area (TPSA) is 67.9 Å². The molecule has 180 valence electrons. The van der Waals surface area contributed by atoms with Crippen LogP contribution >= 0.6 is 0 Å². The minimum Gasteiger partial charge on any atom is -0.497 e. The molecule has 0 saturated carbocycles. The fourth-order valence-electron chi connectivity index (χ4n) is 3.37. The highest BCUT2D eigenvalue weighted by Crippen LogP contribution is 2.24. The van der Waals surface area contributed by atoms with Gasteiger partial charge in [0.2, 0.25) is 5.91 Å². The number of benzene rings is 2. The maximum Gasteiger partial charge on any atom is 0.261 e. The predicted molar refractivity (Wildman–Crippen MR) is 132 cm³/mol. The van der Waals surface area contributed by atoms with Crippen molar-refractivity contribution in [3.63, 3.8) is 0 Å². The number of hydrogen-bond donors (Lipinski definition) is 1. The Morgan fingerprint density at radius 1 is 1.06 bits per heavy atom. The average molecular weight is 455 g/mol. The zero-order valence-corrected chi connectivity index (χ0v) is 20.8. The summed E-state index contributed by atoms with van der Waals surface area (Å²) in [5.41, 5.74) is 2.12. The Morgan fingerprint density at radius 3 is 2.36 bits per heavy atom. The lowest BCUT2D eigenvalue weighted by Crippen LogP contribution is -2.49. The van der Waals surface area contributed by atoms with Crippen LogP contribution in [0.4, 0.5) is 0 Å². The average Bonchev–Trinajstić information content (AvgIpc) is 2.80. The van der Waals surface area contributed by atoms with Crippen molar-refractivity contribution in [1.29, 1.82) is 0 Å². The van der Waals surface area contributed by atoms with E-state index in [1.54, 1.807) is 18.9 Å². The van der Waals surface area contributed by atoms with Crippen molar-refractivity contribution in [1.82, 2.24) is 10.2 Å². The Balaban J connectivity index is 2.13. The second-order valence-electron chi connectivity index (χ2n) is 9.26. The molecule has 6 heteroatoms. The van der Waals surface area contributed by atoms with E-state index in [0.29, 0.717) is 18.0 Å². The van der Waals surface area contributed by atoms with Crippen LogP contribution in [0, 0.1) is 0 Å². The summed E-state index contributed by atoms with van der Waals surface area (Å²) in [6.45, 7) is 11.0. The fraction of sp³-hybridized carbons (Fsp3) is 0.481. The van der Waals surface area contributed by atoms with Crippen LogP contribution in [0.2, 0.25) is 0 Å². The number of ether oxygens (including phenoxy) is 2. The lowest BCUT2D eigenvalue weighted by atomic mass is 9.87. The van der Waals surface area contributed by atoms with Crippen molar-refractivity contribution < 1.29 is 19.1 Å². The van der Waals surface area contributed by atoms with Crippen molar-refractivity contribution >= 4 is 11.8 Å². The van der Waals surface area contributed by atoms with Gasteiger partial charge >= 0.3 is 0 Å². The number of rotatable bonds is 11. The molecule has 0 unspecified atom stereocenters. The summed E-state index contributed by atoms with van der Waals surface area (Å²) >= 11 is 0. The minimum absolute atomic E-state index is 0.0441. The van der Waals surface area contributed by atoms with Crippen LogP contribution in [-0.4, -0.2) is 43.0 Å². The van der Waals surface area contributed by atoms with Crippen LogP contribution in [0.3, 0.4) is 0 Å². The standard InChI is InChI=1S/C27H38N2O4/c1-7-8-16-28-26(31)20(2)29(18-21-10-9-11-24(17-21)32-6)25(30)19-33-23-14-12-22(13-15-23)27(3,4)5/h9-15,17,20H,7-8,16,18-19H2,1-6H3,(H,28,31)/t20-/m1/s1. The number of amides is 2. The van der Waals surface area contributed by atoms with Crippen LogP contribution < -0.4 is 14.8 Å². The number of carbonyl (C=O) groups excluding carboxylic acids is 2. The second-order valence-corrected chi connectivity index (χ2v) is 9.26. The Morgan fingerprint density at radius 2 is 1.76 bits per heavy atom. The van der Waals surface area contributed by atoms with Gasteiger partial charge in [0.25, 0.3) is 5.91 Å². The first-order chi connectivity index (χ1) is 15.7. The summed E-state index contributed by atoms with van der Waals surface area (Å²) < 4.78 is 11.1. The molecule has 2 amide bonds. The second kappa shape index (κ2) is 12.3. The van der Waals surface area contributed by atoms with E-state index in [4.69, 9.17) is 9.47 Å². The quantitative estimate of drug-likeness (QED) is 0.500. The normalized spacial score (nSPS) is 12.1. The third kappa shape index (κ3) is 8.12. The molecular formula is C27H38N2O4. The molecule has 0 bridgehead atoms. The largest absolute Gasteiger partial charge is 0.497 e. The van der Waals surface area contributed by atoms with Crippen molar-refractivity contribution in [2.45, 2.75) is 65.5 Å². The first-order valence-corrected chi connectivity index (χ1v) is 11.6. The summed E-state index contributed by atoms with van der Waals surface area (Å²) in [7, 11) is 1.60. The number of nitrogens with zero attached hydrogens (tertiary/aromatic N) is 1. The van der Waals surface area contributed by atoms with Crippen LogP contribution in [0.5, 0.6) is 11.5 Å². The molecule has 1 N–H and O–H groups in total. The van der Waals surface area contributed by atoms with Crippen LogP contribution in [-0.2, 0) is 21.5 Å². The van der Waals surface area contributed by atoms with E-state index in [-0.39, 0.29) is 30.4 Å². The Labute approximate surface area is 198 Å². The molecule has 2 aromatic rings.